The molecule has 2 atom stereocenters. The van der Waals surface area contributed by atoms with Crippen LogP contribution >= 0.6 is 11.8 Å². The number of nitrogens with one attached hydrogen (secondary N) is 2. The molecule has 0 bridgehead atoms. The van der Waals surface area contributed by atoms with Crippen LogP contribution in [0, 0.1) is 11.7 Å². The van der Waals surface area contributed by atoms with Crippen molar-refractivity contribution in [3.8, 4) is 0 Å². The topological polar surface area (TPSA) is 88.9 Å². The first kappa shape index (κ1) is 21.3. The summed E-state index contributed by atoms with van der Waals surface area (Å²) in [7, 11) is 1.75. The zero-order valence-corrected chi connectivity index (χ0v) is 17.5. The van der Waals surface area contributed by atoms with Crippen LogP contribution in [0.25, 0.3) is 0 Å². The lowest BCUT2D eigenvalue weighted by molar-refractivity contribution is -0.120. The van der Waals surface area contributed by atoms with Crippen LogP contribution in [0.2, 0.25) is 0 Å². The third-order valence-electron chi connectivity index (χ3n) is 5.18. The first-order valence-corrected chi connectivity index (χ1v) is 10.8. The molecule has 1 fully saturated rings. The molecule has 1 aliphatic rings. The van der Waals surface area contributed by atoms with Gasteiger partial charge >= 0.3 is 0 Å². The monoisotopic (exact) mass is 419 g/mol. The number of amides is 2. The molecule has 0 radical (unpaired) electrons. The van der Waals surface area contributed by atoms with Gasteiger partial charge in [-0.1, -0.05) is 43.7 Å². The molecule has 1 aromatic heterocycles. The zero-order valence-electron chi connectivity index (χ0n) is 16.7. The summed E-state index contributed by atoms with van der Waals surface area (Å²) in [5.41, 5.74) is 0.128. The normalized spacial score (nSPS) is 19.0. The lowest BCUT2D eigenvalue weighted by atomic mass is 9.86. The summed E-state index contributed by atoms with van der Waals surface area (Å²) < 4.78 is 15.3. The number of benzene rings is 1. The van der Waals surface area contributed by atoms with Gasteiger partial charge in [0.15, 0.2) is 5.16 Å². The molecular weight excluding hydrogens is 393 g/mol. The second-order valence-electron chi connectivity index (χ2n) is 7.39. The maximum Gasteiger partial charge on any atom is 0.232 e. The zero-order chi connectivity index (χ0) is 20.8. The molecule has 2 aromatic rings. The Balaban J connectivity index is 1.50. The molecular formula is C20H26FN5O2S. The second-order valence-corrected chi connectivity index (χ2v) is 8.33. The Hall–Kier alpha value is -2.42. The molecule has 1 aliphatic carbocycles. The van der Waals surface area contributed by atoms with Crippen molar-refractivity contribution >= 4 is 29.3 Å². The van der Waals surface area contributed by atoms with Crippen LogP contribution in [0.4, 0.5) is 10.1 Å². The van der Waals surface area contributed by atoms with Crippen LogP contribution in [-0.4, -0.2) is 38.4 Å². The molecule has 29 heavy (non-hydrogen) atoms. The molecule has 0 spiro atoms. The Morgan fingerprint density at radius 1 is 1.21 bits per heavy atom. The lowest BCUT2D eigenvalue weighted by Gasteiger charge is -2.29. The number of anilines is 1. The van der Waals surface area contributed by atoms with E-state index in [9.17, 15) is 14.0 Å². The molecule has 2 amide bonds. The Bertz CT molecular complexity index is 872. The second kappa shape index (κ2) is 9.87. The van der Waals surface area contributed by atoms with Crippen molar-refractivity contribution in [1.29, 1.82) is 0 Å². The smallest absolute Gasteiger partial charge is 0.232 e. The number of nitrogens with zero attached hydrogens (tertiary/aromatic N) is 3. The highest BCUT2D eigenvalue weighted by Gasteiger charge is 2.23. The SMILES string of the molecule is C[C@@H]1CCCC[C@@H]1NC(=O)CSc1nnc(CC(=O)Nc2ccccc2F)n1C. The van der Waals surface area contributed by atoms with E-state index in [0.717, 1.165) is 19.3 Å². The van der Waals surface area contributed by atoms with Crippen molar-refractivity contribution in [2.75, 3.05) is 11.1 Å². The highest BCUT2D eigenvalue weighted by Crippen LogP contribution is 2.24. The Kier molecular flexibility index (Phi) is 7.24. The van der Waals surface area contributed by atoms with Crippen molar-refractivity contribution in [2.45, 2.75) is 50.2 Å². The van der Waals surface area contributed by atoms with Crippen LogP contribution in [0.1, 0.15) is 38.4 Å². The number of hydrogen-bond donors (Lipinski definition) is 2. The average molecular weight is 420 g/mol. The van der Waals surface area contributed by atoms with Crippen molar-refractivity contribution in [1.82, 2.24) is 20.1 Å². The quantitative estimate of drug-likeness (QED) is 0.674. The number of para-hydroxylation sites is 1. The van der Waals surface area contributed by atoms with Gasteiger partial charge in [0.25, 0.3) is 0 Å². The molecule has 3 rings (SSSR count). The average Bonchev–Trinajstić information content (AvgIpc) is 3.03. The summed E-state index contributed by atoms with van der Waals surface area (Å²) >= 11 is 1.28. The van der Waals surface area contributed by atoms with Crippen molar-refractivity contribution in [2.24, 2.45) is 13.0 Å². The minimum atomic E-state index is -0.492. The largest absolute Gasteiger partial charge is 0.352 e. The minimum Gasteiger partial charge on any atom is -0.352 e. The van der Waals surface area contributed by atoms with Crippen LogP contribution in [0.15, 0.2) is 29.4 Å². The Morgan fingerprint density at radius 2 is 1.97 bits per heavy atom. The molecule has 0 unspecified atom stereocenters. The Labute approximate surface area is 173 Å². The molecule has 1 aromatic carbocycles. The highest BCUT2D eigenvalue weighted by molar-refractivity contribution is 7.99. The Morgan fingerprint density at radius 3 is 2.72 bits per heavy atom. The van der Waals surface area contributed by atoms with E-state index in [1.165, 1.54) is 30.3 Å². The van der Waals surface area contributed by atoms with Gasteiger partial charge in [-0.15, -0.1) is 10.2 Å². The first-order valence-electron chi connectivity index (χ1n) is 9.79. The molecule has 156 valence electrons. The van der Waals surface area contributed by atoms with Crippen molar-refractivity contribution < 1.29 is 14.0 Å². The maximum atomic E-state index is 13.7. The van der Waals surface area contributed by atoms with E-state index >= 15 is 0 Å². The molecule has 1 saturated carbocycles. The van der Waals surface area contributed by atoms with Gasteiger partial charge in [-0.2, -0.15) is 0 Å². The van der Waals surface area contributed by atoms with E-state index in [2.05, 4.69) is 27.8 Å². The summed E-state index contributed by atoms with van der Waals surface area (Å²) in [6.45, 7) is 2.18. The van der Waals surface area contributed by atoms with Crippen LogP contribution in [0.3, 0.4) is 0 Å². The fraction of sp³-hybridized carbons (Fsp3) is 0.500. The van der Waals surface area contributed by atoms with Gasteiger partial charge < -0.3 is 15.2 Å². The van der Waals surface area contributed by atoms with E-state index in [0.29, 0.717) is 16.9 Å². The predicted molar refractivity (Wildman–Crippen MR) is 110 cm³/mol. The van der Waals surface area contributed by atoms with Crippen molar-refractivity contribution in [3.05, 3.63) is 35.9 Å². The summed E-state index contributed by atoms with van der Waals surface area (Å²) in [5, 5.41) is 14.3. The van der Waals surface area contributed by atoms with Crippen LogP contribution in [-0.2, 0) is 23.1 Å². The number of halogens is 1. The third-order valence-corrected chi connectivity index (χ3v) is 6.20. The number of thioether (sulfide) groups is 1. The number of aromatic nitrogens is 3. The number of carbonyl (C=O) groups excluding carboxylic acids is 2. The molecule has 2 N–H and O–H groups in total. The van der Waals surface area contributed by atoms with E-state index in [1.54, 1.807) is 23.7 Å². The number of rotatable bonds is 7. The van der Waals surface area contributed by atoms with E-state index in [1.807, 2.05) is 0 Å². The van der Waals surface area contributed by atoms with Gasteiger partial charge in [-0.25, -0.2) is 4.39 Å². The van der Waals surface area contributed by atoms with Gasteiger partial charge in [-0.3, -0.25) is 9.59 Å². The molecule has 1 heterocycles. The van der Waals surface area contributed by atoms with Gasteiger partial charge in [0.1, 0.15) is 11.6 Å². The van der Waals surface area contributed by atoms with Gasteiger partial charge in [-0.05, 0) is 30.9 Å². The third kappa shape index (κ3) is 5.79. The highest BCUT2D eigenvalue weighted by atomic mass is 32.2. The van der Waals surface area contributed by atoms with Gasteiger partial charge in [0.05, 0.1) is 17.9 Å². The molecule has 0 saturated heterocycles. The number of carbonyl (C=O) groups is 2. The van der Waals surface area contributed by atoms with Gasteiger partial charge in [0.2, 0.25) is 11.8 Å². The van der Waals surface area contributed by atoms with E-state index in [-0.39, 0.29) is 35.7 Å². The minimum absolute atomic E-state index is 0.0180. The standard InChI is InChI=1S/C20H26FN5O2S/c1-13-7-3-5-9-15(13)22-19(28)12-29-20-25-24-17(26(20)2)11-18(27)23-16-10-6-4-8-14(16)21/h4,6,8,10,13,15H,3,5,7,9,11-12H2,1-2H3,(H,22,28)(H,23,27)/t13-,15+/m1/s1. The summed E-state index contributed by atoms with van der Waals surface area (Å²) in [6, 6.07) is 6.23. The molecule has 7 nitrogen and oxygen atoms in total. The van der Waals surface area contributed by atoms with E-state index < -0.39 is 5.82 Å². The van der Waals surface area contributed by atoms with Crippen LogP contribution in [0.5, 0.6) is 0 Å². The summed E-state index contributed by atoms with van der Waals surface area (Å²) in [5.74, 6) is 0.307. The fourth-order valence-electron chi connectivity index (χ4n) is 3.43. The predicted octanol–water partition coefficient (Wildman–Crippen LogP) is 2.92. The van der Waals surface area contributed by atoms with Crippen molar-refractivity contribution in [3.63, 3.8) is 0 Å². The summed E-state index contributed by atoms with van der Waals surface area (Å²) in [6.07, 6.45) is 4.53. The fourth-order valence-corrected chi connectivity index (χ4v) is 4.18. The van der Waals surface area contributed by atoms with Gasteiger partial charge in [0, 0.05) is 13.1 Å². The number of hydrogen-bond acceptors (Lipinski definition) is 5. The maximum absolute atomic E-state index is 13.7. The molecule has 0 aliphatic heterocycles. The summed E-state index contributed by atoms with van der Waals surface area (Å²) in [4.78, 5) is 24.5. The van der Waals surface area contributed by atoms with Crippen LogP contribution < -0.4 is 10.6 Å². The van der Waals surface area contributed by atoms with E-state index in [4.69, 9.17) is 0 Å². The first-order chi connectivity index (χ1) is 13.9. The molecule has 9 heteroatoms. The lowest BCUT2D eigenvalue weighted by Crippen LogP contribution is -2.41.